The topological polar surface area (TPSA) is 37.3 Å². The van der Waals surface area contributed by atoms with Gasteiger partial charge in [0.25, 0.3) is 0 Å². The maximum absolute atomic E-state index is 4.64. The van der Waals surface area contributed by atoms with Crippen LogP contribution >= 0.6 is 0 Å². The third-order valence-electron chi connectivity index (χ3n) is 3.44. The number of hydrogen-bond acceptors (Lipinski definition) is 3. The molecule has 1 N–H and O–H groups in total. The van der Waals surface area contributed by atoms with Gasteiger partial charge in [-0.15, -0.1) is 0 Å². The molecular weight excluding hydrogens is 258 g/mol. The van der Waals surface area contributed by atoms with E-state index in [1.165, 1.54) is 16.5 Å². The first-order valence-electron chi connectivity index (χ1n) is 6.95. The monoisotopic (exact) mass is 275 g/mol. The Kier molecular flexibility index (Phi) is 3.65. The molecule has 3 rings (SSSR count). The highest BCUT2D eigenvalue weighted by atomic mass is 15.3. The number of rotatable bonds is 3. The molecule has 0 bridgehead atoms. The van der Waals surface area contributed by atoms with E-state index in [0.29, 0.717) is 0 Å². The van der Waals surface area contributed by atoms with Crippen molar-refractivity contribution in [1.82, 2.24) is 4.98 Å². The molecule has 3 nitrogen and oxygen atoms in total. The SMILES string of the molecule is Cc1cc(N/N=C\c2ccccc2)nc2c(C)cccc12. The first-order chi connectivity index (χ1) is 10.2. The van der Waals surface area contributed by atoms with E-state index in [4.69, 9.17) is 0 Å². The van der Waals surface area contributed by atoms with Gasteiger partial charge >= 0.3 is 0 Å². The fourth-order valence-corrected chi connectivity index (χ4v) is 2.33. The highest BCUT2D eigenvalue weighted by molar-refractivity contribution is 5.86. The van der Waals surface area contributed by atoms with Crippen LogP contribution in [0.15, 0.2) is 59.7 Å². The quantitative estimate of drug-likeness (QED) is 0.571. The summed E-state index contributed by atoms with van der Waals surface area (Å²) in [6.45, 7) is 4.17. The molecule has 21 heavy (non-hydrogen) atoms. The number of nitrogens with zero attached hydrogens (tertiary/aromatic N) is 2. The highest BCUT2D eigenvalue weighted by Gasteiger charge is 2.04. The lowest BCUT2D eigenvalue weighted by atomic mass is 10.1. The standard InChI is InChI=1S/C18H17N3/c1-13-7-6-10-16-14(2)11-17(20-18(13)16)21-19-12-15-8-4-3-5-9-15/h3-12H,1-2H3,(H,20,21)/b19-12-. The molecule has 3 heteroatoms. The summed E-state index contributed by atoms with van der Waals surface area (Å²) < 4.78 is 0. The number of pyridine rings is 1. The van der Waals surface area contributed by atoms with Gasteiger partial charge in [0.2, 0.25) is 0 Å². The van der Waals surface area contributed by atoms with Gasteiger partial charge < -0.3 is 0 Å². The summed E-state index contributed by atoms with van der Waals surface area (Å²) in [6.07, 6.45) is 1.79. The Labute approximate surface area is 124 Å². The van der Waals surface area contributed by atoms with Crippen LogP contribution in [0.3, 0.4) is 0 Å². The van der Waals surface area contributed by atoms with Crippen molar-refractivity contribution >= 4 is 22.9 Å². The van der Waals surface area contributed by atoms with E-state index in [-0.39, 0.29) is 0 Å². The summed E-state index contributed by atoms with van der Waals surface area (Å²) in [4.78, 5) is 4.64. The number of hydrazone groups is 1. The van der Waals surface area contributed by atoms with Crippen LogP contribution in [0.2, 0.25) is 0 Å². The summed E-state index contributed by atoms with van der Waals surface area (Å²) in [6, 6.07) is 18.2. The number of aryl methyl sites for hydroxylation is 2. The minimum absolute atomic E-state index is 0.765. The molecular formula is C18H17N3. The molecule has 0 aliphatic rings. The molecule has 0 spiro atoms. The van der Waals surface area contributed by atoms with Crippen molar-refractivity contribution in [2.75, 3.05) is 5.43 Å². The van der Waals surface area contributed by atoms with E-state index in [1.807, 2.05) is 36.4 Å². The van der Waals surface area contributed by atoms with Gasteiger partial charge in [0.1, 0.15) is 5.82 Å². The first-order valence-corrected chi connectivity index (χ1v) is 6.95. The van der Waals surface area contributed by atoms with Gasteiger partial charge in [-0.1, -0.05) is 48.5 Å². The fourth-order valence-electron chi connectivity index (χ4n) is 2.33. The zero-order valence-electron chi connectivity index (χ0n) is 12.2. The van der Waals surface area contributed by atoms with Crippen molar-refractivity contribution < 1.29 is 0 Å². The lowest BCUT2D eigenvalue weighted by Gasteiger charge is -2.07. The van der Waals surface area contributed by atoms with Crippen LogP contribution < -0.4 is 5.43 Å². The van der Waals surface area contributed by atoms with Crippen LogP contribution in [-0.2, 0) is 0 Å². The normalized spacial score (nSPS) is 11.1. The second-order valence-corrected chi connectivity index (χ2v) is 5.08. The number of hydrogen-bond donors (Lipinski definition) is 1. The molecule has 0 saturated heterocycles. The third-order valence-corrected chi connectivity index (χ3v) is 3.44. The van der Waals surface area contributed by atoms with Gasteiger partial charge in [0, 0.05) is 5.39 Å². The van der Waals surface area contributed by atoms with E-state index in [2.05, 4.69) is 47.6 Å². The summed E-state index contributed by atoms with van der Waals surface area (Å²) in [5, 5.41) is 5.44. The average Bonchev–Trinajstić information content (AvgIpc) is 2.50. The largest absolute Gasteiger partial charge is 0.261 e. The smallest absolute Gasteiger partial charge is 0.147 e. The van der Waals surface area contributed by atoms with Gasteiger partial charge in [-0.25, -0.2) is 4.98 Å². The molecule has 0 unspecified atom stereocenters. The van der Waals surface area contributed by atoms with Crippen LogP contribution in [0.1, 0.15) is 16.7 Å². The van der Waals surface area contributed by atoms with Crippen molar-refractivity contribution in [1.29, 1.82) is 0 Å². The number of anilines is 1. The molecule has 0 aliphatic carbocycles. The third kappa shape index (κ3) is 2.92. The van der Waals surface area contributed by atoms with Crippen LogP contribution in [0.4, 0.5) is 5.82 Å². The minimum atomic E-state index is 0.765. The van der Waals surface area contributed by atoms with E-state index in [1.54, 1.807) is 6.21 Å². The summed E-state index contributed by atoms with van der Waals surface area (Å²) in [7, 11) is 0. The molecule has 1 aromatic heterocycles. The maximum atomic E-state index is 4.64. The molecule has 0 saturated carbocycles. The Morgan fingerprint density at radius 2 is 1.76 bits per heavy atom. The molecule has 3 aromatic rings. The highest BCUT2D eigenvalue weighted by Crippen LogP contribution is 2.22. The van der Waals surface area contributed by atoms with Crippen molar-refractivity contribution in [2.45, 2.75) is 13.8 Å². The molecule has 1 heterocycles. The second-order valence-electron chi connectivity index (χ2n) is 5.08. The Hall–Kier alpha value is -2.68. The zero-order valence-corrected chi connectivity index (χ0v) is 12.2. The van der Waals surface area contributed by atoms with Gasteiger partial charge in [0.15, 0.2) is 0 Å². The molecule has 0 aliphatic heterocycles. The second kappa shape index (κ2) is 5.75. The van der Waals surface area contributed by atoms with Crippen LogP contribution in [0.5, 0.6) is 0 Å². The number of fused-ring (bicyclic) bond motifs is 1. The van der Waals surface area contributed by atoms with E-state index in [0.717, 1.165) is 16.9 Å². The van der Waals surface area contributed by atoms with Gasteiger partial charge in [-0.2, -0.15) is 5.10 Å². The Morgan fingerprint density at radius 3 is 2.57 bits per heavy atom. The molecule has 0 amide bonds. The Balaban J connectivity index is 1.88. The molecule has 0 atom stereocenters. The minimum Gasteiger partial charge on any atom is -0.261 e. The predicted molar refractivity (Wildman–Crippen MR) is 88.9 cm³/mol. The van der Waals surface area contributed by atoms with Gasteiger partial charge in [0.05, 0.1) is 11.7 Å². The maximum Gasteiger partial charge on any atom is 0.147 e. The Bertz CT molecular complexity index is 792. The van der Waals surface area contributed by atoms with E-state index in [9.17, 15) is 0 Å². The fraction of sp³-hybridized carbons (Fsp3) is 0.111. The number of para-hydroxylation sites is 1. The lowest BCUT2D eigenvalue weighted by Crippen LogP contribution is -1.96. The van der Waals surface area contributed by atoms with Crippen LogP contribution in [-0.4, -0.2) is 11.2 Å². The number of nitrogens with one attached hydrogen (secondary N) is 1. The van der Waals surface area contributed by atoms with Crippen molar-refractivity contribution in [2.24, 2.45) is 5.10 Å². The number of aromatic nitrogens is 1. The van der Waals surface area contributed by atoms with E-state index < -0.39 is 0 Å². The molecule has 104 valence electrons. The van der Waals surface area contributed by atoms with Crippen molar-refractivity contribution in [3.05, 3.63) is 71.3 Å². The van der Waals surface area contributed by atoms with Crippen LogP contribution in [0, 0.1) is 13.8 Å². The lowest BCUT2D eigenvalue weighted by molar-refractivity contribution is 1.24. The molecule has 0 fully saturated rings. The van der Waals surface area contributed by atoms with Gasteiger partial charge in [-0.05, 0) is 36.6 Å². The molecule has 0 radical (unpaired) electrons. The number of benzene rings is 2. The van der Waals surface area contributed by atoms with Crippen molar-refractivity contribution in [3.8, 4) is 0 Å². The van der Waals surface area contributed by atoms with Gasteiger partial charge in [-0.3, -0.25) is 5.43 Å². The molecule has 2 aromatic carbocycles. The summed E-state index contributed by atoms with van der Waals surface area (Å²) in [5.41, 5.74) is 7.46. The first kappa shape index (κ1) is 13.3. The average molecular weight is 275 g/mol. The van der Waals surface area contributed by atoms with E-state index >= 15 is 0 Å². The van der Waals surface area contributed by atoms with Crippen molar-refractivity contribution in [3.63, 3.8) is 0 Å². The summed E-state index contributed by atoms with van der Waals surface area (Å²) >= 11 is 0. The van der Waals surface area contributed by atoms with Crippen LogP contribution in [0.25, 0.3) is 10.9 Å². The summed E-state index contributed by atoms with van der Waals surface area (Å²) in [5.74, 6) is 0.765. The zero-order chi connectivity index (χ0) is 14.7. The predicted octanol–water partition coefficient (Wildman–Crippen LogP) is 4.30. The Morgan fingerprint density at radius 1 is 0.952 bits per heavy atom.